The van der Waals surface area contributed by atoms with Crippen LogP contribution in [-0.4, -0.2) is 29.6 Å². The van der Waals surface area contributed by atoms with Gasteiger partial charge >= 0.3 is 0 Å². The molecule has 0 atom stereocenters. The first-order chi connectivity index (χ1) is 9.73. The first-order valence-electron chi connectivity index (χ1n) is 6.12. The number of nitrogens with zero attached hydrogens (tertiary/aromatic N) is 3. The predicted molar refractivity (Wildman–Crippen MR) is 83.1 cm³/mol. The summed E-state index contributed by atoms with van der Waals surface area (Å²) in [6.45, 7) is 2.13. The quantitative estimate of drug-likeness (QED) is 0.854. The Kier molecular flexibility index (Phi) is 4.63. The standard InChI is InChI=1S/C13H15Cl2N3O2S/c1-9-10(7-16-18(9)3)8-17(2)21(19,20)11-4-5-12(14)13(15)6-11/h4-7H,8H2,1-3H3. The fourth-order valence-electron chi connectivity index (χ4n) is 1.84. The summed E-state index contributed by atoms with van der Waals surface area (Å²) in [7, 11) is -0.301. The van der Waals surface area contributed by atoms with Crippen molar-refractivity contribution < 1.29 is 8.42 Å². The zero-order chi connectivity index (χ0) is 15.8. The number of sulfonamides is 1. The molecule has 8 heteroatoms. The van der Waals surface area contributed by atoms with Gasteiger partial charge in [-0.2, -0.15) is 9.40 Å². The molecule has 0 spiro atoms. The van der Waals surface area contributed by atoms with Crippen molar-refractivity contribution in [3.63, 3.8) is 0 Å². The Hall–Kier alpha value is -1.08. The summed E-state index contributed by atoms with van der Waals surface area (Å²) in [6.07, 6.45) is 1.66. The lowest BCUT2D eigenvalue weighted by Crippen LogP contribution is -2.26. The minimum Gasteiger partial charge on any atom is -0.273 e. The van der Waals surface area contributed by atoms with Crippen LogP contribution in [0.1, 0.15) is 11.3 Å². The third kappa shape index (κ3) is 3.23. The highest BCUT2D eigenvalue weighted by atomic mass is 35.5. The monoisotopic (exact) mass is 347 g/mol. The summed E-state index contributed by atoms with van der Waals surface area (Å²) in [6, 6.07) is 4.27. The third-order valence-corrected chi connectivity index (χ3v) is 5.87. The lowest BCUT2D eigenvalue weighted by atomic mass is 10.3. The van der Waals surface area contributed by atoms with Crippen molar-refractivity contribution >= 4 is 33.2 Å². The number of hydrogen-bond acceptors (Lipinski definition) is 3. The van der Waals surface area contributed by atoms with E-state index < -0.39 is 10.0 Å². The highest BCUT2D eigenvalue weighted by Crippen LogP contribution is 2.26. The van der Waals surface area contributed by atoms with Crippen LogP contribution in [0.4, 0.5) is 0 Å². The highest BCUT2D eigenvalue weighted by Gasteiger charge is 2.23. The fourth-order valence-corrected chi connectivity index (χ4v) is 3.38. The molecule has 1 aromatic carbocycles. The van der Waals surface area contributed by atoms with E-state index in [1.54, 1.807) is 10.9 Å². The predicted octanol–water partition coefficient (Wildman–Crippen LogP) is 2.86. The van der Waals surface area contributed by atoms with Crippen molar-refractivity contribution in [3.05, 3.63) is 45.7 Å². The Morgan fingerprint density at radius 3 is 2.48 bits per heavy atom. The summed E-state index contributed by atoms with van der Waals surface area (Å²) in [5, 5.41) is 4.64. The van der Waals surface area contributed by atoms with Gasteiger partial charge in [0.25, 0.3) is 0 Å². The van der Waals surface area contributed by atoms with Crippen LogP contribution in [0.3, 0.4) is 0 Å². The number of hydrogen-bond donors (Lipinski definition) is 0. The zero-order valence-corrected chi connectivity index (χ0v) is 14.2. The van der Waals surface area contributed by atoms with Crippen molar-refractivity contribution in [2.24, 2.45) is 7.05 Å². The summed E-state index contributed by atoms with van der Waals surface area (Å²) >= 11 is 11.7. The van der Waals surface area contributed by atoms with Gasteiger partial charge in [0.1, 0.15) is 0 Å². The van der Waals surface area contributed by atoms with Crippen molar-refractivity contribution in [1.29, 1.82) is 0 Å². The molecule has 1 aromatic heterocycles. The molecule has 0 fully saturated rings. The van der Waals surface area contributed by atoms with Gasteiger partial charge in [0.15, 0.2) is 0 Å². The number of halogens is 2. The van der Waals surface area contributed by atoms with E-state index in [9.17, 15) is 8.42 Å². The van der Waals surface area contributed by atoms with Gasteiger partial charge in [0, 0.05) is 31.9 Å². The maximum Gasteiger partial charge on any atom is 0.243 e. The molecule has 1 heterocycles. The van der Waals surface area contributed by atoms with Crippen LogP contribution in [0.2, 0.25) is 10.0 Å². The van der Waals surface area contributed by atoms with E-state index in [1.807, 2.05) is 14.0 Å². The molecular formula is C13H15Cl2N3O2S. The van der Waals surface area contributed by atoms with E-state index in [1.165, 1.54) is 29.6 Å². The topological polar surface area (TPSA) is 55.2 Å². The molecule has 0 unspecified atom stereocenters. The van der Waals surface area contributed by atoms with Crippen molar-refractivity contribution in [2.75, 3.05) is 7.05 Å². The Morgan fingerprint density at radius 2 is 1.95 bits per heavy atom. The molecule has 21 heavy (non-hydrogen) atoms. The lowest BCUT2D eigenvalue weighted by Gasteiger charge is -2.17. The van der Waals surface area contributed by atoms with E-state index in [2.05, 4.69) is 5.10 Å². The van der Waals surface area contributed by atoms with Crippen LogP contribution in [0.15, 0.2) is 29.3 Å². The summed E-state index contributed by atoms with van der Waals surface area (Å²) in [5.74, 6) is 0. The Labute approximate surface area is 134 Å². The summed E-state index contributed by atoms with van der Waals surface area (Å²) in [5.41, 5.74) is 1.77. The van der Waals surface area contributed by atoms with Gasteiger partial charge in [-0.3, -0.25) is 4.68 Å². The molecule has 5 nitrogen and oxygen atoms in total. The second-order valence-corrected chi connectivity index (χ2v) is 7.58. The molecule has 0 radical (unpaired) electrons. The van der Waals surface area contributed by atoms with E-state index >= 15 is 0 Å². The van der Waals surface area contributed by atoms with Gasteiger partial charge in [-0.15, -0.1) is 0 Å². The van der Waals surface area contributed by atoms with Crippen LogP contribution in [0.25, 0.3) is 0 Å². The normalized spacial score (nSPS) is 12.1. The average Bonchev–Trinajstić information content (AvgIpc) is 2.73. The first-order valence-corrected chi connectivity index (χ1v) is 8.32. The van der Waals surface area contributed by atoms with Crippen LogP contribution < -0.4 is 0 Å². The Morgan fingerprint density at radius 1 is 1.29 bits per heavy atom. The van der Waals surface area contributed by atoms with Crippen LogP contribution >= 0.6 is 23.2 Å². The van der Waals surface area contributed by atoms with E-state index in [4.69, 9.17) is 23.2 Å². The molecular weight excluding hydrogens is 333 g/mol. The number of aryl methyl sites for hydroxylation is 1. The first kappa shape index (κ1) is 16.3. The van der Waals surface area contributed by atoms with Gasteiger partial charge in [-0.1, -0.05) is 23.2 Å². The minimum absolute atomic E-state index is 0.112. The Balaban J connectivity index is 2.30. The smallest absolute Gasteiger partial charge is 0.243 e. The second kappa shape index (κ2) is 5.96. The molecule has 0 saturated heterocycles. The van der Waals surface area contributed by atoms with E-state index in [0.29, 0.717) is 5.02 Å². The van der Waals surface area contributed by atoms with Crippen LogP contribution in [0, 0.1) is 6.92 Å². The number of aromatic nitrogens is 2. The third-order valence-electron chi connectivity index (χ3n) is 3.33. The SMILES string of the molecule is Cc1c(CN(C)S(=O)(=O)c2ccc(Cl)c(Cl)c2)cnn1C. The molecule has 0 amide bonds. The van der Waals surface area contributed by atoms with E-state index in [0.717, 1.165) is 11.3 Å². The Bertz CT molecular complexity index is 772. The van der Waals surface area contributed by atoms with Crippen LogP contribution in [-0.2, 0) is 23.6 Å². The molecule has 0 aliphatic rings. The lowest BCUT2D eigenvalue weighted by molar-refractivity contribution is 0.465. The highest BCUT2D eigenvalue weighted by molar-refractivity contribution is 7.89. The molecule has 0 N–H and O–H groups in total. The van der Waals surface area contributed by atoms with Crippen LogP contribution in [0.5, 0.6) is 0 Å². The molecule has 114 valence electrons. The number of rotatable bonds is 4. The molecule has 2 aromatic rings. The van der Waals surface area contributed by atoms with E-state index in [-0.39, 0.29) is 16.5 Å². The van der Waals surface area contributed by atoms with Crippen molar-refractivity contribution in [3.8, 4) is 0 Å². The minimum atomic E-state index is -3.63. The maximum atomic E-state index is 12.5. The zero-order valence-electron chi connectivity index (χ0n) is 11.8. The van der Waals surface area contributed by atoms with Gasteiger partial charge < -0.3 is 0 Å². The van der Waals surface area contributed by atoms with Gasteiger partial charge in [-0.05, 0) is 25.1 Å². The van der Waals surface area contributed by atoms with Gasteiger partial charge in [-0.25, -0.2) is 8.42 Å². The molecule has 0 bridgehead atoms. The fraction of sp³-hybridized carbons (Fsp3) is 0.308. The van der Waals surface area contributed by atoms with Gasteiger partial charge in [0.05, 0.1) is 21.1 Å². The maximum absolute atomic E-state index is 12.5. The molecule has 0 aliphatic heterocycles. The van der Waals surface area contributed by atoms with Crippen molar-refractivity contribution in [2.45, 2.75) is 18.4 Å². The summed E-state index contributed by atoms with van der Waals surface area (Å²) in [4.78, 5) is 0.112. The molecule has 0 saturated carbocycles. The summed E-state index contributed by atoms with van der Waals surface area (Å²) < 4.78 is 28.0. The second-order valence-electron chi connectivity index (χ2n) is 4.72. The average molecular weight is 348 g/mol. The molecule has 0 aliphatic carbocycles. The largest absolute Gasteiger partial charge is 0.273 e. The van der Waals surface area contributed by atoms with Gasteiger partial charge in [0.2, 0.25) is 10.0 Å². The number of benzene rings is 1. The molecule has 2 rings (SSSR count). The van der Waals surface area contributed by atoms with Crippen molar-refractivity contribution in [1.82, 2.24) is 14.1 Å².